The second-order valence-corrected chi connectivity index (χ2v) is 15.2. The number of allylic oxidation sites excluding steroid dienone is 20. The molecule has 0 aliphatic carbocycles. The van der Waals surface area contributed by atoms with Gasteiger partial charge in [-0.25, -0.2) is 4.57 Å². The summed E-state index contributed by atoms with van der Waals surface area (Å²) < 4.78 is 33.4. The molecule has 0 aromatic heterocycles. The number of phosphoric acid groups is 1. The highest BCUT2D eigenvalue weighted by molar-refractivity contribution is 7.47. The van der Waals surface area contributed by atoms with Crippen molar-refractivity contribution >= 4 is 13.8 Å². The molecule has 0 fully saturated rings. The Morgan fingerprint density at radius 3 is 1.34 bits per heavy atom. The van der Waals surface area contributed by atoms with E-state index in [0.29, 0.717) is 13.0 Å². The molecule has 0 aromatic carbocycles. The van der Waals surface area contributed by atoms with Crippen LogP contribution in [0.25, 0.3) is 0 Å². The van der Waals surface area contributed by atoms with Gasteiger partial charge in [0.15, 0.2) is 0 Å². The summed E-state index contributed by atoms with van der Waals surface area (Å²) in [4.78, 5) is 22.5. The van der Waals surface area contributed by atoms with Crippen molar-refractivity contribution in [2.75, 3.05) is 33.0 Å². The van der Waals surface area contributed by atoms with Crippen LogP contribution >= 0.6 is 7.82 Å². The van der Waals surface area contributed by atoms with Crippen LogP contribution in [-0.2, 0) is 27.9 Å². The van der Waals surface area contributed by atoms with Crippen LogP contribution in [0.1, 0.15) is 142 Å². The highest BCUT2D eigenvalue weighted by atomic mass is 31.2. The first-order valence-electron chi connectivity index (χ1n) is 22.0. The van der Waals surface area contributed by atoms with Gasteiger partial charge in [-0.05, 0) is 103 Å². The van der Waals surface area contributed by atoms with Crippen molar-refractivity contribution in [2.45, 2.75) is 148 Å². The summed E-state index contributed by atoms with van der Waals surface area (Å²) in [6, 6.07) is 0. The summed E-state index contributed by atoms with van der Waals surface area (Å²) >= 11 is 0. The third-order valence-corrected chi connectivity index (χ3v) is 9.36. The largest absolute Gasteiger partial charge is 0.472 e. The number of unbranched alkanes of at least 4 members (excludes halogenated alkanes) is 7. The normalized spacial score (nSPS) is 14.6. The van der Waals surface area contributed by atoms with Crippen LogP contribution in [0.5, 0.6) is 0 Å². The zero-order valence-corrected chi connectivity index (χ0v) is 37.1. The van der Waals surface area contributed by atoms with E-state index in [1.807, 2.05) is 0 Å². The number of hydrogen-bond acceptors (Lipinski definition) is 7. The first kappa shape index (κ1) is 54.9. The van der Waals surface area contributed by atoms with E-state index in [0.717, 1.165) is 116 Å². The van der Waals surface area contributed by atoms with Gasteiger partial charge in [0.1, 0.15) is 6.10 Å². The predicted molar refractivity (Wildman–Crippen MR) is 247 cm³/mol. The standard InChI is InChI=1S/C49H80NO7P/c1-3-5-7-9-11-13-15-17-19-21-22-23-24-25-26-27-28-30-32-34-36-38-40-42-49(51)57-48(47-56-58(52,53)55-45-43-50)46-54-44-41-39-37-35-33-31-29-20-18-16-14-12-10-8-6-4-2/h5-8,11-14,17-20,22-23,25-26,28,30-31,33,48H,3-4,9-10,15-16,21,24,27,29,32,34-47,50H2,1-2H3,(H,52,53)/b7-5-,8-6-,13-11-,14-12-,19-17-,20-18-,23-22-,26-25-,30-28-,33-31-. The van der Waals surface area contributed by atoms with E-state index in [9.17, 15) is 14.3 Å². The van der Waals surface area contributed by atoms with Gasteiger partial charge < -0.3 is 20.1 Å². The van der Waals surface area contributed by atoms with Crippen LogP contribution in [-0.4, -0.2) is 49.9 Å². The third-order valence-electron chi connectivity index (χ3n) is 8.37. The molecule has 0 aliphatic rings. The molecule has 2 unspecified atom stereocenters. The summed E-state index contributed by atoms with van der Waals surface area (Å²) in [5.41, 5.74) is 5.37. The molecule has 3 N–H and O–H groups in total. The predicted octanol–water partition coefficient (Wildman–Crippen LogP) is 13.4. The molecule has 0 heterocycles. The lowest BCUT2D eigenvalue weighted by Crippen LogP contribution is -2.28. The Bertz CT molecular complexity index is 1290. The fourth-order valence-corrected chi connectivity index (χ4v) is 5.99. The maximum Gasteiger partial charge on any atom is 0.472 e. The fraction of sp³-hybridized carbons (Fsp3) is 0.571. The van der Waals surface area contributed by atoms with Crippen LogP contribution in [0.2, 0.25) is 0 Å². The molecular formula is C49H80NO7P. The van der Waals surface area contributed by atoms with Gasteiger partial charge in [-0.3, -0.25) is 13.8 Å². The van der Waals surface area contributed by atoms with Gasteiger partial charge in [0.25, 0.3) is 0 Å². The Balaban J connectivity index is 4.18. The number of ether oxygens (including phenoxy) is 2. The minimum Gasteiger partial charge on any atom is -0.457 e. The number of nitrogens with two attached hydrogens (primary N) is 1. The van der Waals surface area contributed by atoms with E-state index in [4.69, 9.17) is 24.3 Å². The van der Waals surface area contributed by atoms with Crippen LogP contribution in [0.3, 0.4) is 0 Å². The van der Waals surface area contributed by atoms with E-state index in [1.165, 1.54) is 0 Å². The van der Waals surface area contributed by atoms with Crippen molar-refractivity contribution in [1.29, 1.82) is 0 Å². The molecule has 0 spiro atoms. The van der Waals surface area contributed by atoms with Gasteiger partial charge in [-0.1, -0.05) is 155 Å². The minimum atomic E-state index is -4.30. The molecule has 0 aliphatic heterocycles. The lowest BCUT2D eigenvalue weighted by Gasteiger charge is -2.20. The van der Waals surface area contributed by atoms with Crippen LogP contribution in [0, 0.1) is 0 Å². The molecule has 8 nitrogen and oxygen atoms in total. The molecule has 0 amide bonds. The lowest BCUT2D eigenvalue weighted by atomic mass is 10.1. The number of carbonyl (C=O) groups is 1. The molecule has 0 rings (SSSR count). The molecule has 0 bridgehead atoms. The zero-order chi connectivity index (χ0) is 42.3. The molecule has 0 aromatic rings. The van der Waals surface area contributed by atoms with E-state index >= 15 is 0 Å². The summed E-state index contributed by atoms with van der Waals surface area (Å²) in [6.45, 7) is 4.53. The second kappa shape index (κ2) is 45.0. The highest BCUT2D eigenvalue weighted by Gasteiger charge is 2.25. The third kappa shape index (κ3) is 44.0. The van der Waals surface area contributed by atoms with E-state index in [2.05, 4.69) is 135 Å². The fourth-order valence-electron chi connectivity index (χ4n) is 5.22. The Morgan fingerprint density at radius 2 is 0.914 bits per heavy atom. The number of carbonyl (C=O) groups excluding carboxylic acids is 1. The Hall–Kier alpha value is -3.10. The minimum absolute atomic E-state index is 0.0749. The molecule has 0 radical (unpaired) electrons. The van der Waals surface area contributed by atoms with Gasteiger partial charge in [0, 0.05) is 19.6 Å². The first-order valence-corrected chi connectivity index (χ1v) is 23.5. The maximum absolute atomic E-state index is 12.6. The molecule has 9 heteroatoms. The van der Waals surface area contributed by atoms with Crippen molar-refractivity contribution in [3.63, 3.8) is 0 Å². The number of hydrogen-bond donors (Lipinski definition) is 2. The van der Waals surface area contributed by atoms with Crippen molar-refractivity contribution in [3.8, 4) is 0 Å². The summed E-state index contributed by atoms with van der Waals surface area (Å²) in [5, 5.41) is 0. The first-order chi connectivity index (χ1) is 28.4. The Labute approximate surface area is 354 Å². The smallest absolute Gasteiger partial charge is 0.457 e. The van der Waals surface area contributed by atoms with Crippen molar-refractivity contribution < 1.29 is 32.8 Å². The van der Waals surface area contributed by atoms with Crippen LogP contribution < -0.4 is 5.73 Å². The molecular weight excluding hydrogens is 746 g/mol. The van der Waals surface area contributed by atoms with Crippen LogP contribution in [0.4, 0.5) is 0 Å². The van der Waals surface area contributed by atoms with Crippen molar-refractivity contribution in [1.82, 2.24) is 0 Å². The van der Waals surface area contributed by atoms with Gasteiger partial charge in [-0.15, -0.1) is 0 Å². The van der Waals surface area contributed by atoms with Crippen LogP contribution in [0.15, 0.2) is 122 Å². The molecule has 0 saturated carbocycles. The number of rotatable bonds is 40. The second-order valence-electron chi connectivity index (χ2n) is 13.8. The Morgan fingerprint density at radius 1 is 0.517 bits per heavy atom. The molecule has 58 heavy (non-hydrogen) atoms. The molecule has 328 valence electrons. The maximum atomic E-state index is 12.6. The van der Waals surface area contributed by atoms with Gasteiger partial charge in [0.05, 0.1) is 19.8 Å². The van der Waals surface area contributed by atoms with Gasteiger partial charge >= 0.3 is 13.8 Å². The lowest BCUT2D eigenvalue weighted by molar-refractivity contribution is -0.154. The van der Waals surface area contributed by atoms with Gasteiger partial charge in [-0.2, -0.15) is 0 Å². The topological polar surface area (TPSA) is 117 Å². The molecule has 0 saturated heterocycles. The number of esters is 1. The zero-order valence-electron chi connectivity index (χ0n) is 36.2. The summed E-state index contributed by atoms with van der Waals surface area (Å²) in [6.07, 6.45) is 62.2. The van der Waals surface area contributed by atoms with Gasteiger partial charge in [0.2, 0.25) is 0 Å². The van der Waals surface area contributed by atoms with E-state index < -0.39 is 13.9 Å². The molecule has 2 atom stereocenters. The summed E-state index contributed by atoms with van der Waals surface area (Å²) in [7, 11) is -4.30. The van der Waals surface area contributed by atoms with E-state index in [1.54, 1.807) is 0 Å². The Kier molecular flexibility index (Phi) is 42.6. The average molecular weight is 826 g/mol. The number of phosphoric ester groups is 1. The monoisotopic (exact) mass is 826 g/mol. The quantitative estimate of drug-likeness (QED) is 0.0271. The summed E-state index contributed by atoms with van der Waals surface area (Å²) in [5.74, 6) is -0.372. The van der Waals surface area contributed by atoms with Crippen molar-refractivity contribution in [2.24, 2.45) is 5.73 Å². The average Bonchev–Trinajstić information content (AvgIpc) is 3.21. The van der Waals surface area contributed by atoms with Crippen molar-refractivity contribution in [3.05, 3.63) is 122 Å². The SMILES string of the molecule is CC/C=C\C/C=C\C/C=C\C/C=C\C/C=C\C/C=C\CCCCCCC(=O)OC(COCCCCC/C=C\C/C=C\C/C=C\C/C=C\CC)COP(=O)(O)OCCN. The highest BCUT2D eigenvalue weighted by Crippen LogP contribution is 2.43. The van der Waals surface area contributed by atoms with E-state index in [-0.39, 0.29) is 38.8 Å².